The van der Waals surface area contributed by atoms with Crippen LogP contribution in [0, 0.1) is 0 Å². The van der Waals surface area contributed by atoms with Crippen molar-refractivity contribution in [2.75, 3.05) is 13.7 Å². The molecule has 1 aliphatic heterocycles. The minimum absolute atomic E-state index is 0.0237. The fraction of sp³-hybridized carbons (Fsp3) is 0.231. The van der Waals surface area contributed by atoms with E-state index in [0.717, 1.165) is 15.8 Å². The summed E-state index contributed by atoms with van der Waals surface area (Å²) in [5.74, 6) is 0.739. The molecule has 0 saturated carbocycles. The molecule has 0 spiro atoms. The molecule has 0 aromatic heterocycles. The molecule has 6 heteroatoms. The van der Waals surface area contributed by atoms with Gasteiger partial charge in [0.05, 0.1) is 16.5 Å². The highest BCUT2D eigenvalue weighted by molar-refractivity contribution is 9.10. The summed E-state index contributed by atoms with van der Waals surface area (Å²) in [6, 6.07) is 5.68. The summed E-state index contributed by atoms with van der Waals surface area (Å²) in [6.45, 7) is 2.52. The monoisotopic (exact) mass is 357 g/mol. The smallest absolute Gasteiger partial charge is 0.266 e. The molecule has 1 aliphatic rings. The number of carbonyl (C=O) groups excluding carboxylic acids is 1. The Bertz CT molecular complexity index is 572. The lowest BCUT2D eigenvalue weighted by molar-refractivity contribution is -0.121. The molecule has 19 heavy (non-hydrogen) atoms. The van der Waals surface area contributed by atoms with Crippen LogP contribution < -0.4 is 4.74 Å². The molecule has 1 amide bonds. The van der Waals surface area contributed by atoms with E-state index in [4.69, 9.17) is 17.0 Å². The van der Waals surface area contributed by atoms with Crippen LogP contribution in [0.2, 0.25) is 0 Å². The molecule has 100 valence electrons. The van der Waals surface area contributed by atoms with Crippen molar-refractivity contribution in [1.82, 2.24) is 4.90 Å². The molecule has 1 heterocycles. The summed E-state index contributed by atoms with van der Waals surface area (Å²) in [7, 11) is 1.62. The van der Waals surface area contributed by atoms with Gasteiger partial charge in [-0.1, -0.05) is 30.0 Å². The number of likely N-dealkylation sites (N-methyl/N-ethyl adjacent to an activating group) is 1. The topological polar surface area (TPSA) is 29.5 Å². The second-order valence-corrected chi connectivity index (χ2v) is 6.35. The first-order chi connectivity index (χ1) is 9.06. The zero-order valence-corrected chi connectivity index (χ0v) is 13.7. The quantitative estimate of drug-likeness (QED) is 0.609. The maximum Gasteiger partial charge on any atom is 0.266 e. The van der Waals surface area contributed by atoms with Crippen LogP contribution >= 0.6 is 39.9 Å². The molecular weight excluding hydrogens is 346 g/mol. The summed E-state index contributed by atoms with van der Waals surface area (Å²) in [6.07, 6.45) is 1.85. The van der Waals surface area contributed by atoms with Crippen molar-refractivity contribution >= 4 is 56.2 Å². The third-order valence-corrected chi connectivity index (χ3v) is 4.66. The highest BCUT2D eigenvalue weighted by Gasteiger charge is 2.30. The van der Waals surface area contributed by atoms with Crippen molar-refractivity contribution in [3.05, 3.63) is 33.1 Å². The van der Waals surface area contributed by atoms with Crippen molar-refractivity contribution in [2.24, 2.45) is 0 Å². The van der Waals surface area contributed by atoms with E-state index in [1.54, 1.807) is 12.0 Å². The highest BCUT2D eigenvalue weighted by atomic mass is 79.9. The van der Waals surface area contributed by atoms with Crippen molar-refractivity contribution in [3.63, 3.8) is 0 Å². The maximum absolute atomic E-state index is 12.1. The normalized spacial score (nSPS) is 17.4. The number of benzene rings is 1. The van der Waals surface area contributed by atoms with Gasteiger partial charge in [0.2, 0.25) is 0 Å². The number of ether oxygens (including phenoxy) is 1. The third kappa shape index (κ3) is 3.01. The van der Waals surface area contributed by atoms with E-state index in [9.17, 15) is 4.79 Å². The summed E-state index contributed by atoms with van der Waals surface area (Å²) in [5.41, 5.74) is 0.935. The van der Waals surface area contributed by atoms with Crippen molar-refractivity contribution in [1.29, 1.82) is 0 Å². The minimum Gasteiger partial charge on any atom is -0.496 e. The van der Waals surface area contributed by atoms with E-state index in [0.29, 0.717) is 15.8 Å². The van der Waals surface area contributed by atoms with E-state index in [1.165, 1.54) is 11.8 Å². The van der Waals surface area contributed by atoms with E-state index in [1.807, 2.05) is 31.2 Å². The summed E-state index contributed by atoms with van der Waals surface area (Å²) in [4.78, 5) is 14.3. The first-order valence-corrected chi connectivity index (χ1v) is 7.67. The summed E-state index contributed by atoms with van der Waals surface area (Å²) in [5, 5.41) is 0. The predicted octanol–water partition coefficient (Wildman–Crippen LogP) is 3.68. The molecule has 0 aliphatic carbocycles. The standard InChI is InChI=1S/C13H12BrNO2S2/c1-3-15-12(16)11(19-13(15)18)7-8-4-5-10(17-2)9(14)6-8/h4-7H,3H2,1-2H3/b11-7-. The first kappa shape index (κ1) is 14.6. The molecule has 1 fully saturated rings. The predicted molar refractivity (Wildman–Crippen MR) is 86.2 cm³/mol. The molecule has 0 unspecified atom stereocenters. The number of thiocarbonyl (C=S) groups is 1. The highest BCUT2D eigenvalue weighted by Crippen LogP contribution is 2.33. The number of halogens is 1. The summed E-state index contributed by atoms with van der Waals surface area (Å²) >= 11 is 9.94. The lowest BCUT2D eigenvalue weighted by Crippen LogP contribution is -2.27. The van der Waals surface area contributed by atoms with Gasteiger partial charge in [0.25, 0.3) is 5.91 Å². The van der Waals surface area contributed by atoms with Crippen LogP contribution in [0.15, 0.2) is 27.6 Å². The second kappa shape index (κ2) is 6.07. The molecule has 2 rings (SSSR count). The third-order valence-electron chi connectivity index (χ3n) is 2.66. The molecule has 0 N–H and O–H groups in total. The van der Waals surface area contributed by atoms with Gasteiger partial charge < -0.3 is 4.74 Å². The number of rotatable bonds is 3. The van der Waals surface area contributed by atoms with Gasteiger partial charge in [0, 0.05) is 6.54 Å². The molecule has 1 aromatic rings. The average Bonchev–Trinajstić information content (AvgIpc) is 2.64. The lowest BCUT2D eigenvalue weighted by atomic mass is 10.2. The Labute approximate surface area is 130 Å². The van der Waals surface area contributed by atoms with E-state index < -0.39 is 0 Å². The molecule has 1 aromatic carbocycles. The Hall–Kier alpha value is -0.850. The van der Waals surface area contributed by atoms with Gasteiger partial charge in [0.15, 0.2) is 0 Å². The number of hydrogen-bond donors (Lipinski definition) is 0. The number of thioether (sulfide) groups is 1. The van der Waals surface area contributed by atoms with Crippen LogP contribution in [0.4, 0.5) is 0 Å². The van der Waals surface area contributed by atoms with E-state index in [2.05, 4.69) is 15.9 Å². The molecule has 0 radical (unpaired) electrons. The Morgan fingerprint density at radius 3 is 2.79 bits per heavy atom. The molecule has 0 bridgehead atoms. The molecule has 0 atom stereocenters. The first-order valence-electron chi connectivity index (χ1n) is 5.65. The number of amides is 1. The second-order valence-electron chi connectivity index (χ2n) is 3.82. The lowest BCUT2D eigenvalue weighted by Gasteiger charge is -2.09. The van der Waals surface area contributed by atoms with Gasteiger partial charge in [-0.15, -0.1) is 0 Å². The Kier molecular flexibility index (Phi) is 4.65. The SMILES string of the molecule is CCN1C(=O)/C(=C/c2ccc(OC)c(Br)c2)SC1=S. The zero-order valence-electron chi connectivity index (χ0n) is 10.5. The number of nitrogens with zero attached hydrogens (tertiary/aromatic N) is 1. The van der Waals surface area contributed by atoms with Crippen LogP contribution in [-0.4, -0.2) is 28.8 Å². The van der Waals surface area contributed by atoms with Crippen molar-refractivity contribution < 1.29 is 9.53 Å². The van der Waals surface area contributed by atoms with Gasteiger partial charge >= 0.3 is 0 Å². The van der Waals surface area contributed by atoms with Crippen molar-refractivity contribution in [3.8, 4) is 5.75 Å². The number of methoxy groups -OCH3 is 1. The van der Waals surface area contributed by atoms with E-state index >= 15 is 0 Å². The van der Waals surface area contributed by atoms with Crippen LogP contribution in [0.5, 0.6) is 5.75 Å². The number of hydrogen-bond acceptors (Lipinski definition) is 4. The van der Waals surface area contributed by atoms with Crippen LogP contribution in [0.25, 0.3) is 6.08 Å². The Balaban J connectivity index is 2.30. The maximum atomic E-state index is 12.1. The van der Waals surface area contributed by atoms with Gasteiger partial charge in [-0.05, 0) is 46.6 Å². The number of carbonyl (C=O) groups is 1. The fourth-order valence-electron chi connectivity index (χ4n) is 1.70. The Morgan fingerprint density at radius 1 is 1.53 bits per heavy atom. The Morgan fingerprint density at radius 2 is 2.26 bits per heavy atom. The largest absolute Gasteiger partial charge is 0.496 e. The van der Waals surface area contributed by atoms with Gasteiger partial charge in [0.1, 0.15) is 10.1 Å². The van der Waals surface area contributed by atoms with Crippen LogP contribution in [0.3, 0.4) is 0 Å². The van der Waals surface area contributed by atoms with Crippen LogP contribution in [-0.2, 0) is 4.79 Å². The molecule has 3 nitrogen and oxygen atoms in total. The van der Waals surface area contributed by atoms with Gasteiger partial charge in [-0.3, -0.25) is 9.69 Å². The zero-order chi connectivity index (χ0) is 14.0. The van der Waals surface area contributed by atoms with Crippen molar-refractivity contribution in [2.45, 2.75) is 6.92 Å². The van der Waals surface area contributed by atoms with Gasteiger partial charge in [-0.2, -0.15) is 0 Å². The summed E-state index contributed by atoms with van der Waals surface area (Å²) < 4.78 is 6.65. The van der Waals surface area contributed by atoms with Gasteiger partial charge in [-0.25, -0.2) is 0 Å². The molecule has 1 saturated heterocycles. The minimum atomic E-state index is -0.0237. The van der Waals surface area contributed by atoms with Crippen LogP contribution in [0.1, 0.15) is 12.5 Å². The van der Waals surface area contributed by atoms with E-state index in [-0.39, 0.29) is 5.91 Å². The average molecular weight is 358 g/mol. The fourth-order valence-corrected chi connectivity index (χ4v) is 3.64. The molecular formula is C13H12BrNO2S2.